The zero-order valence-corrected chi connectivity index (χ0v) is 14.7. The van der Waals surface area contributed by atoms with E-state index in [-0.39, 0.29) is 18.9 Å². The SMILES string of the molecule is CCc1nc(C)c(C(=O)NCC(O)COc2ccc(Cl)c(C)c2)o1. The number of rotatable bonds is 7. The number of nitrogens with zero attached hydrogens (tertiary/aromatic N) is 1. The Morgan fingerprint density at radius 1 is 1.46 bits per heavy atom. The smallest absolute Gasteiger partial charge is 0.289 e. The Bertz CT molecular complexity index is 715. The fourth-order valence-electron chi connectivity index (χ4n) is 2.06. The van der Waals surface area contributed by atoms with Crippen LogP contribution in [0, 0.1) is 13.8 Å². The van der Waals surface area contributed by atoms with Gasteiger partial charge >= 0.3 is 0 Å². The Morgan fingerprint density at radius 2 is 2.21 bits per heavy atom. The van der Waals surface area contributed by atoms with Gasteiger partial charge in [0, 0.05) is 18.0 Å². The summed E-state index contributed by atoms with van der Waals surface area (Å²) in [6.45, 7) is 5.58. The predicted molar refractivity (Wildman–Crippen MR) is 90.6 cm³/mol. The number of aliphatic hydroxyl groups is 1. The van der Waals surface area contributed by atoms with E-state index in [1.54, 1.807) is 25.1 Å². The molecule has 0 aliphatic rings. The van der Waals surface area contributed by atoms with E-state index in [4.69, 9.17) is 20.8 Å². The maximum absolute atomic E-state index is 12.0. The van der Waals surface area contributed by atoms with Gasteiger partial charge in [0.2, 0.25) is 5.76 Å². The highest BCUT2D eigenvalue weighted by Crippen LogP contribution is 2.21. The lowest BCUT2D eigenvalue weighted by Gasteiger charge is -2.13. The van der Waals surface area contributed by atoms with Crippen LogP contribution in [0.15, 0.2) is 22.6 Å². The number of ether oxygens (including phenoxy) is 1. The van der Waals surface area contributed by atoms with Gasteiger partial charge in [0.1, 0.15) is 18.5 Å². The number of aliphatic hydroxyl groups excluding tert-OH is 1. The normalized spacial score (nSPS) is 12.0. The molecule has 1 aromatic heterocycles. The van der Waals surface area contributed by atoms with Crippen molar-refractivity contribution in [2.45, 2.75) is 33.3 Å². The van der Waals surface area contributed by atoms with E-state index in [9.17, 15) is 9.90 Å². The van der Waals surface area contributed by atoms with Crippen molar-refractivity contribution in [2.75, 3.05) is 13.2 Å². The molecule has 0 spiro atoms. The van der Waals surface area contributed by atoms with Crippen LogP contribution in [0.5, 0.6) is 5.75 Å². The molecule has 0 aliphatic carbocycles. The Kier molecular flexibility index (Phi) is 6.23. The van der Waals surface area contributed by atoms with Crippen LogP contribution >= 0.6 is 11.6 Å². The molecule has 0 fully saturated rings. The third kappa shape index (κ3) is 4.72. The first-order chi connectivity index (χ1) is 11.4. The number of oxazole rings is 1. The summed E-state index contributed by atoms with van der Waals surface area (Å²) in [5.74, 6) is 0.898. The van der Waals surface area contributed by atoms with Crippen LogP contribution in [0.1, 0.15) is 34.6 Å². The molecule has 1 heterocycles. The van der Waals surface area contributed by atoms with Gasteiger partial charge in [-0.25, -0.2) is 4.98 Å². The summed E-state index contributed by atoms with van der Waals surface area (Å²) < 4.78 is 10.9. The molecular formula is C17H21ClN2O4. The van der Waals surface area contributed by atoms with Crippen molar-refractivity contribution in [3.05, 3.63) is 46.1 Å². The number of halogens is 1. The standard InChI is InChI=1S/C17H21ClN2O4/c1-4-15-20-11(3)16(24-15)17(22)19-8-12(21)9-23-13-5-6-14(18)10(2)7-13/h5-7,12,21H,4,8-9H2,1-3H3,(H,19,22). The number of hydrogen-bond donors (Lipinski definition) is 2. The lowest BCUT2D eigenvalue weighted by atomic mass is 10.2. The number of aryl methyl sites for hydroxylation is 3. The van der Waals surface area contributed by atoms with Gasteiger partial charge in [0.05, 0.1) is 5.69 Å². The van der Waals surface area contributed by atoms with Gasteiger partial charge in [0.25, 0.3) is 5.91 Å². The van der Waals surface area contributed by atoms with Gasteiger partial charge in [-0.05, 0) is 37.6 Å². The molecule has 1 atom stereocenters. The largest absolute Gasteiger partial charge is 0.491 e. The Balaban J connectivity index is 1.81. The Hall–Kier alpha value is -2.05. The summed E-state index contributed by atoms with van der Waals surface area (Å²) in [5.41, 5.74) is 1.43. The molecule has 1 aromatic carbocycles. The van der Waals surface area contributed by atoms with Gasteiger partial charge in [-0.2, -0.15) is 0 Å². The monoisotopic (exact) mass is 352 g/mol. The van der Waals surface area contributed by atoms with E-state index in [2.05, 4.69) is 10.3 Å². The quantitative estimate of drug-likeness (QED) is 0.800. The third-order valence-corrected chi connectivity index (χ3v) is 3.84. The molecule has 0 saturated carbocycles. The van der Waals surface area contributed by atoms with Crippen LogP contribution in [0.3, 0.4) is 0 Å². The lowest BCUT2D eigenvalue weighted by Crippen LogP contribution is -2.35. The first kappa shape index (κ1) is 18.3. The van der Waals surface area contributed by atoms with Crippen LogP contribution in [0.25, 0.3) is 0 Å². The minimum Gasteiger partial charge on any atom is -0.491 e. The highest BCUT2D eigenvalue weighted by molar-refractivity contribution is 6.31. The molecule has 24 heavy (non-hydrogen) atoms. The van der Waals surface area contributed by atoms with E-state index < -0.39 is 12.0 Å². The van der Waals surface area contributed by atoms with Crippen LogP contribution in [0.2, 0.25) is 5.02 Å². The highest BCUT2D eigenvalue weighted by atomic mass is 35.5. The molecule has 1 unspecified atom stereocenters. The van der Waals surface area contributed by atoms with E-state index >= 15 is 0 Å². The van der Waals surface area contributed by atoms with Crippen molar-refractivity contribution in [1.82, 2.24) is 10.3 Å². The molecule has 2 rings (SSSR count). The van der Waals surface area contributed by atoms with Gasteiger partial charge in [0.15, 0.2) is 5.89 Å². The highest BCUT2D eigenvalue weighted by Gasteiger charge is 2.17. The van der Waals surface area contributed by atoms with E-state index in [1.807, 2.05) is 13.8 Å². The van der Waals surface area contributed by atoms with Gasteiger partial charge in [-0.3, -0.25) is 4.79 Å². The molecule has 0 aliphatic heterocycles. The molecule has 2 N–H and O–H groups in total. The van der Waals surface area contributed by atoms with Crippen LogP contribution in [0.4, 0.5) is 0 Å². The Labute approximate surface area is 145 Å². The molecule has 0 saturated heterocycles. The molecule has 2 aromatic rings. The zero-order chi connectivity index (χ0) is 17.7. The maximum atomic E-state index is 12.0. The first-order valence-electron chi connectivity index (χ1n) is 7.72. The van der Waals surface area contributed by atoms with Gasteiger partial charge in [-0.15, -0.1) is 0 Å². The molecule has 6 nitrogen and oxygen atoms in total. The second kappa shape index (κ2) is 8.17. The summed E-state index contributed by atoms with van der Waals surface area (Å²) in [5, 5.41) is 13.2. The summed E-state index contributed by atoms with van der Waals surface area (Å²) in [4.78, 5) is 16.2. The van der Waals surface area contributed by atoms with E-state index in [0.29, 0.717) is 28.8 Å². The maximum Gasteiger partial charge on any atom is 0.289 e. The lowest BCUT2D eigenvalue weighted by molar-refractivity contribution is 0.0820. The number of amides is 1. The molecule has 1 amide bonds. The Morgan fingerprint density at radius 3 is 2.83 bits per heavy atom. The van der Waals surface area contributed by atoms with Gasteiger partial charge in [-0.1, -0.05) is 18.5 Å². The fourth-order valence-corrected chi connectivity index (χ4v) is 2.18. The number of benzene rings is 1. The second-order valence-electron chi connectivity index (χ2n) is 5.46. The van der Waals surface area contributed by atoms with Crippen molar-refractivity contribution in [3.63, 3.8) is 0 Å². The summed E-state index contributed by atoms with van der Waals surface area (Å²) in [6.07, 6.45) is -0.232. The number of nitrogens with one attached hydrogen (secondary N) is 1. The molecular weight excluding hydrogens is 332 g/mol. The molecule has 0 radical (unpaired) electrons. The van der Waals surface area contributed by atoms with E-state index in [0.717, 1.165) is 5.56 Å². The van der Waals surface area contributed by atoms with Crippen molar-refractivity contribution in [2.24, 2.45) is 0 Å². The summed E-state index contributed by atoms with van der Waals surface area (Å²) in [7, 11) is 0. The van der Waals surface area contributed by atoms with Crippen molar-refractivity contribution in [1.29, 1.82) is 0 Å². The summed E-state index contributed by atoms with van der Waals surface area (Å²) in [6, 6.07) is 5.25. The van der Waals surface area contributed by atoms with Crippen molar-refractivity contribution < 1.29 is 19.1 Å². The average Bonchev–Trinajstić information content (AvgIpc) is 2.94. The minimum atomic E-state index is -0.848. The second-order valence-corrected chi connectivity index (χ2v) is 5.87. The average molecular weight is 353 g/mol. The van der Waals surface area contributed by atoms with Crippen LogP contribution < -0.4 is 10.1 Å². The van der Waals surface area contributed by atoms with Crippen LogP contribution in [-0.4, -0.2) is 35.3 Å². The van der Waals surface area contributed by atoms with Crippen molar-refractivity contribution in [3.8, 4) is 5.75 Å². The first-order valence-corrected chi connectivity index (χ1v) is 8.10. The van der Waals surface area contributed by atoms with Crippen LogP contribution in [-0.2, 0) is 6.42 Å². The predicted octanol–water partition coefficient (Wildman–Crippen LogP) is 2.68. The number of hydrogen-bond acceptors (Lipinski definition) is 5. The number of carbonyl (C=O) groups excluding carboxylic acids is 1. The zero-order valence-electron chi connectivity index (χ0n) is 13.9. The van der Waals surface area contributed by atoms with E-state index in [1.165, 1.54) is 0 Å². The molecule has 130 valence electrons. The number of carbonyl (C=O) groups is 1. The minimum absolute atomic E-state index is 0.0486. The van der Waals surface area contributed by atoms with Gasteiger partial charge < -0.3 is 19.6 Å². The fraction of sp³-hybridized carbons (Fsp3) is 0.412. The molecule has 0 bridgehead atoms. The van der Waals surface area contributed by atoms with Crippen molar-refractivity contribution >= 4 is 17.5 Å². The molecule has 7 heteroatoms. The summed E-state index contributed by atoms with van der Waals surface area (Å²) >= 11 is 5.94. The topological polar surface area (TPSA) is 84.6 Å². The third-order valence-electron chi connectivity index (χ3n) is 3.42. The number of aromatic nitrogens is 1.